The number of rotatable bonds is 5. The van der Waals surface area contributed by atoms with E-state index in [9.17, 15) is 4.79 Å². The molecule has 0 saturated heterocycles. The van der Waals surface area contributed by atoms with E-state index in [1.165, 1.54) is 0 Å². The summed E-state index contributed by atoms with van der Waals surface area (Å²) in [5, 5.41) is 5.84. The first-order valence-electron chi connectivity index (χ1n) is 4.92. The zero-order valence-electron chi connectivity index (χ0n) is 9.49. The molecule has 0 aliphatic carbocycles. The van der Waals surface area contributed by atoms with Gasteiger partial charge in [0.05, 0.1) is 30.3 Å². The maximum absolute atomic E-state index is 11.6. The van der Waals surface area contributed by atoms with Gasteiger partial charge in [-0.3, -0.25) is 10.1 Å². The maximum Gasteiger partial charge on any atom is 0.236 e. The van der Waals surface area contributed by atoms with Crippen LogP contribution in [0.4, 0.5) is 0 Å². The van der Waals surface area contributed by atoms with Crippen LogP contribution in [0, 0.1) is 19.3 Å². The van der Waals surface area contributed by atoms with Crippen molar-refractivity contribution in [2.75, 3.05) is 20.1 Å². The van der Waals surface area contributed by atoms with E-state index in [0.717, 1.165) is 10.7 Å². The average molecular weight is 237 g/mol. The molecule has 0 aromatic carbocycles. The van der Waals surface area contributed by atoms with Gasteiger partial charge in [-0.2, -0.15) is 0 Å². The Morgan fingerprint density at radius 2 is 2.50 bits per heavy atom. The fourth-order valence-electron chi connectivity index (χ4n) is 1.19. The molecule has 4 nitrogen and oxygen atoms in total. The van der Waals surface area contributed by atoms with Gasteiger partial charge in [-0.1, -0.05) is 5.92 Å². The summed E-state index contributed by atoms with van der Waals surface area (Å²) in [6.45, 7) is 3.17. The third-order valence-corrected chi connectivity index (χ3v) is 2.82. The lowest BCUT2D eigenvalue weighted by Gasteiger charge is -2.15. The van der Waals surface area contributed by atoms with Gasteiger partial charge < -0.3 is 4.90 Å². The Hall–Kier alpha value is -1.38. The van der Waals surface area contributed by atoms with Crippen LogP contribution in [0.15, 0.2) is 5.38 Å². The second-order valence-electron chi connectivity index (χ2n) is 3.42. The molecule has 1 amide bonds. The van der Waals surface area contributed by atoms with Gasteiger partial charge >= 0.3 is 0 Å². The number of aryl methyl sites for hydroxylation is 1. The van der Waals surface area contributed by atoms with Crippen molar-refractivity contribution < 1.29 is 4.79 Å². The predicted octanol–water partition coefficient (Wildman–Crippen LogP) is 0.633. The highest BCUT2D eigenvalue weighted by Gasteiger charge is 2.09. The number of nitrogens with zero attached hydrogens (tertiary/aromatic N) is 2. The minimum atomic E-state index is 0.0147. The Bertz CT molecular complexity index is 394. The van der Waals surface area contributed by atoms with E-state index in [1.807, 2.05) is 12.3 Å². The zero-order chi connectivity index (χ0) is 12.0. The molecule has 1 N–H and O–H groups in total. The summed E-state index contributed by atoms with van der Waals surface area (Å²) in [6.07, 6.45) is 5.07. The first-order chi connectivity index (χ1) is 7.63. The van der Waals surface area contributed by atoms with E-state index in [2.05, 4.69) is 16.2 Å². The molecule has 0 aliphatic rings. The molecule has 1 rings (SSSR count). The van der Waals surface area contributed by atoms with Crippen LogP contribution in [0.25, 0.3) is 0 Å². The van der Waals surface area contributed by atoms with Crippen LogP contribution < -0.4 is 5.32 Å². The lowest BCUT2D eigenvalue weighted by atomic mass is 10.4. The molecule has 1 aromatic heterocycles. The van der Waals surface area contributed by atoms with Gasteiger partial charge in [-0.15, -0.1) is 17.8 Å². The van der Waals surface area contributed by atoms with Crippen molar-refractivity contribution in [1.82, 2.24) is 15.2 Å². The van der Waals surface area contributed by atoms with Gasteiger partial charge in [0.15, 0.2) is 0 Å². The number of terminal acetylenes is 1. The normalized spacial score (nSPS) is 9.81. The quantitative estimate of drug-likeness (QED) is 0.603. The summed E-state index contributed by atoms with van der Waals surface area (Å²) in [7, 11) is 1.76. The van der Waals surface area contributed by atoms with Gasteiger partial charge in [0.2, 0.25) is 5.91 Å². The lowest BCUT2D eigenvalue weighted by Crippen LogP contribution is -2.35. The van der Waals surface area contributed by atoms with E-state index < -0.39 is 0 Å². The highest BCUT2D eigenvalue weighted by atomic mass is 32.1. The topological polar surface area (TPSA) is 45.2 Å². The molecule has 5 heteroatoms. The van der Waals surface area contributed by atoms with Crippen molar-refractivity contribution in [3.8, 4) is 12.3 Å². The summed E-state index contributed by atoms with van der Waals surface area (Å²) >= 11 is 1.59. The van der Waals surface area contributed by atoms with Crippen molar-refractivity contribution >= 4 is 17.2 Å². The third-order valence-electron chi connectivity index (χ3n) is 1.99. The Labute approximate surface area is 99.7 Å². The minimum absolute atomic E-state index is 0.0147. The number of likely N-dealkylation sites (N-methyl/N-ethyl adjacent to an activating group) is 1. The molecule has 0 atom stereocenters. The largest absolute Gasteiger partial charge is 0.339 e. The summed E-state index contributed by atoms with van der Waals surface area (Å²) in [4.78, 5) is 17.5. The number of aromatic nitrogens is 1. The monoisotopic (exact) mass is 237 g/mol. The lowest BCUT2D eigenvalue weighted by molar-refractivity contribution is -0.129. The van der Waals surface area contributed by atoms with Gasteiger partial charge in [-0.25, -0.2) is 4.98 Å². The second kappa shape index (κ2) is 6.26. The molecule has 0 fully saturated rings. The Balaban J connectivity index is 2.37. The summed E-state index contributed by atoms with van der Waals surface area (Å²) in [5.41, 5.74) is 0.926. The summed E-state index contributed by atoms with van der Waals surface area (Å²) in [5.74, 6) is 2.44. The summed E-state index contributed by atoms with van der Waals surface area (Å²) < 4.78 is 0. The van der Waals surface area contributed by atoms with Crippen molar-refractivity contribution in [3.63, 3.8) is 0 Å². The number of amides is 1. The zero-order valence-corrected chi connectivity index (χ0v) is 10.3. The summed E-state index contributed by atoms with van der Waals surface area (Å²) in [6, 6.07) is 0. The fraction of sp³-hybridized carbons (Fsp3) is 0.455. The van der Waals surface area contributed by atoms with Crippen molar-refractivity contribution in [2.45, 2.75) is 13.5 Å². The van der Waals surface area contributed by atoms with Crippen molar-refractivity contribution in [2.24, 2.45) is 0 Å². The third kappa shape index (κ3) is 4.01. The van der Waals surface area contributed by atoms with Gasteiger partial charge in [0, 0.05) is 12.4 Å². The van der Waals surface area contributed by atoms with Crippen LogP contribution in [0.3, 0.4) is 0 Å². The number of nitrogens with one attached hydrogen (secondary N) is 1. The standard InChI is InChI=1S/C11H15N3OS/c1-4-5-12-6-11(15)14(3)7-10-8-16-9(2)13-10/h1,8,12H,5-7H2,2-3H3. The van der Waals surface area contributed by atoms with E-state index in [0.29, 0.717) is 13.1 Å². The van der Waals surface area contributed by atoms with Gasteiger partial charge in [-0.05, 0) is 6.92 Å². The minimum Gasteiger partial charge on any atom is -0.339 e. The molecule has 86 valence electrons. The Morgan fingerprint density at radius 3 is 3.06 bits per heavy atom. The maximum atomic E-state index is 11.6. The van der Waals surface area contributed by atoms with Crippen LogP contribution in [0.5, 0.6) is 0 Å². The molecule has 0 bridgehead atoms. The molecule has 16 heavy (non-hydrogen) atoms. The van der Waals surface area contributed by atoms with Crippen LogP contribution in [-0.4, -0.2) is 35.9 Å². The number of thiazole rings is 1. The van der Waals surface area contributed by atoms with E-state index in [-0.39, 0.29) is 12.5 Å². The van der Waals surface area contributed by atoms with Crippen LogP contribution in [-0.2, 0) is 11.3 Å². The van der Waals surface area contributed by atoms with Gasteiger partial charge in [0.1, 0.15) is 0 Å². The molecule has 0 spiro atoms. The first-order valence-corrected chi connectivity index (χ1v) is 5.80. The molecule has 0 aliphatic heterocycles. The Kier molecular flexibility index (Phi) is 4.96. The number of hydrogen-bond acceptors (Lipinski definition) is 4. The van der Waals surface area contributed by atoms with E-state index in [1.54, 1.807) is 23.3 Å². The van der Waals surface area contributed by atoms with Crippen LogP contribution in [0.1, 0.15) is 10.7 Å². The smallest absolute Gasteiger partial charge is 0.236 e. The second-order valence-corrected chi connectivity index (χ2v) is 4.48. The van der Waals surface area contributed by atoms with Crippen LogP contribution >= 0.6 is 11.3 Å². The molecule has 0 radical (unpaired) electrons. The highest BCUT2D eigenvalue weighted by Crippen LogP contribution is 2.09. The highest BCUT2D eigenvalue weighted by molar-refractivity contribution is 7.09. The first kappa shape index (κ1) is 12.7. The molecule has 1 heterocycles. The van der Waals surface area contributed by atoms with E-state index >= 15 is 0 Å². The fourth-order valence-corrected chi connectivity index (χ4v) is 1.79. The van der Waals surface area contributed by atoms with Crippen molar-refractivity contribution in [1.29, 1.82) is 0 Å². The predicted molar refractivity (Wildman–Crippen MR) is 65.0 cm³/mol. The molecule has 0 unspecified atom stereocenters. The Morgan fingerprint density at radius 1 is 1.75 bits per heavy atom. The average Bonchev–Trinajstić information content (AvgIpc) is 2.64. The number of carbonyl (C=O) groups excluding carboxylic acids is 1. The molecular formula is C11H15N3OS. The SMILES string of the molecule is C#CCNCC(=O)N(C)Cc1csc(C)n1. The number of carbonyl (C=O) groups is 1. The van der Waals surface area contributed by atoms with Crippen molar-refractivity contribution in [3.05, 3.63) is 16.1 Å². The molecular weight excluding hydrogens is 222 g/mol. The number of hydrogen-bond donors (Lipinski definition) is 1. The van der Waals surface area contributed by atoms with Gasteiger partial charge in [0.25, 0.3) is 0 Å². The molecule has 1 aromatic rings. The van der Waals surface area contributed by atoms with Crippen LogP contribution in [0.2, 0.25) is 0 Å². The van der Waals surface area contributed by atoms with E-state index in [4.69, 9.17) is 6.42 Å². The molecule has 0 saturated carbocycles.